The maximum Gasteiger partial charge on any atom is 0.141 e. The molecule has 5 heteroatoms. The Morgan fingerprint density at radius 2 is 2.37 bits per heavy atom. The number of halogens is 2. The fraction of sp³-hybridized carbons (Fsp3) is 0.571. The number of rotatable bonds is 4. The summed E-state index contributed by atoms with van der Waals surface area (Å²) in [5.74, 6) is -0.394. The van der Waals surface area contributed by atoms with Gasteiger partial charge in [0.2, 0.25) is 0 Å². The third-order valence-electron chi connectivity index (χ3n) is 3.74. The summed E-state index contributed by atoms with van der Waals surface area (Å²) in [5, 5.41) is 0.149. The molecule has 106 valence electrons. The van der Waals surface area contributed by atoms with E-state index >= 15 is 0 Å². The van der Waals surface area contributed by atoms with Crippen LogP contribution in [0.3, 0.4) is 0 Å². The van der Waals surface area contributed by atoms with Crippen molar-refractivity contribution in [3.05, 3.63) is 34.6 Å². The smallest absolute Gasteiger partial charge is 0.141 e. The van der Waals surface area contributed by atoms with Gasteiger partial charge in [-0.05, 0) is 37.1 Å². The van der Waals surface area contributed by atoms with E-state index in [0.717, 1.165) is 31.5 Å². The Morgan fingerprint density at radius 1 is 1.58 bits per heavy atom. The summed E-state index contributed by atoms with van der Waals surface area (Å²) >= 11 is 5.85. The first-order chi connectivity index (χ1) is 9.15. The second kappa shape index (κ2) is 6.66. The van der Waals surface area contributed by atoms with Crippen LogP contribution in [0.1, 0.15) is 24.4 Å². The number of nitrogens with zero attached hydrogens (tertiary/aromatic N) is 1. The Hall–Kier alpha value is -0.680. The van der Waals surface area contributed by atoms with Crippen molar-refractivity contribution >= 4 is 11.6 Å². The van der Waals surface area contributed by atoms with Gasteiger partial charge < -0.3 is 10.5 Å². The average molecular weight is 287 g/mol. The largest absolute Gasteiger partial charge is 0.380 e. The number of methoxy groups -OCH3 is 1. The van der Waals surface area contributed by atoms with Crippen LogP contribution in [-0.4, -0.2) is 37.7 Å². The summed E-state index contributed by atoms with van der Waals surface area (Å²) in [6.07, 6.45) is 2.41. The van der Waals surface area contributed by atoms with Gasteiger partial charge in [0, 0.05) is 26.2 Å². The number of hydrogen-bond donors (Lipinski definition) is 1. The van der Waals surface area contributed by atoms with Gasteiger partial charge in [-0.1, -0.05) is 17.7 Å². The third-order valence-corrected chi connectivity index (χ3v) is 4.03. The molecule has 1 aliphatic heterocycles. The van der Waals surface area contributed by atoms with Crippen molar-refractivity contribution in [1.82, 2.24) is 4.90 Å². The van der Waals surface area contributed by atoms with Gasteiger partial charge in [0.25, 0.3) is 0 Å². The normalized spacial score (nSPS) is 22.4. The Balaban J connectivity index is 2.16. The van der Waals surface area contributed by atoms with E-state index in [1.54, 1.807) is 19.2 Å². The monoisotopic (exact) mass is 286 g/mol. The molecular formula is C14H20ClFN2O. The Morgan fingerprint density at radius 3 is 3.00 bits per heavy atom. The van der Waals surface area contributed by atoms with E-state index in [1.807, 2.05) is 0 Å². The second-order valence-electron chi connectivity index (χ2n) is 4.92. The second-order valence-corrected chi connectivity index (χ2v) is 5.33. The summed E-state index contributed by atoms with van der Waals surface area (Å²) < 4.78 is 18.7. The molecule has 0 bridgehead atoms. The van der Waals surface area contributed by atoms with Crippen molar-refractivity contribution in [3.8, 4) is 0 Å². The predicted molar refractivity (Wildman–Crippen MR) is 74.8 cm³/mol. The SMILES string of the molecule is COC1CCCN(C(CN)c2ccc(F)c(Cl)c2)C1. The van der Waals surface area contributed by atoms with Crippen LogP contribution in [0.4, 0.5) is 4.39 Å². The van der Waals surface area contributed by atoms with Gasteiger partial charge in [-0.2, -0.15) is 0 Å². The number of ether oxygens (including phenoxy) is 1. The molecule has 0 spiro atoms. The molecule has 0 radical (unpaired) electrons. The molecular weight excluding hydrogens is 267 g/mol. The van der Waals surface area contributed by atoms with Crippen LogP contribution >= 0.6 is 11.6 Å². The van der Waals surface area contributed by atoms with Gasteiger partial charge in [0.05, 0.1) is 11.1 Å². The summed E-state index contributed by atoms with van der Waals surface area (Å²) in [5.41, 5.74) is 6.85. The van der Waals surface area contributed by atoms with E-state index < -0.39 is 5.82 Å². The lowest BCUT2D eigenvalue weighted by molar-refractivity contribution is 0.0155. The highest BCUT2D eigenvalue weighted by atomic mass is 35.5. The molecule has 1 saturated heterocycles. The Bertz CT molecular complexity index is 430. The van der Waals surface area contributed by atoms with Gasteiger partial charge in [-0.3, -0.25) is 4.90 Å². The molecule has 2 atom stereocenters. The molecule has 0 saturated carbocycles. The molecule has 0 aromatic heterocycles. The van der Waals surface area contributed by atoms with Crippen LogP contribution in [-0.2, 0) is 4.74 Å². The summed E-state index contributed by atoms with van der Waals surface area (Å²) in [4.78, 5) is 2.29. The number of piperidine rings is 1. The minimum absolute atomic E-state index is 0.0658. The minimum atomic E-state index is -0.394. The third kappa shape index (κ3) is 3.45. The average Bonchev–Trinajstić information content (AvgIpc) is 2.44. The van der Waals surface area contributed by atoms with Crippen LogP contribution in [0, 0.1) is 5.82 Å². The number of nitrogens with two attached hydrogens (primary N) is 1. The zero-order valence-electron chi connectivity index (χ0n) is 11.1. The lowest BCUT2D eigenvalue weighted by Gasteiger charge is -2.37. The van der Waals surface area contributed by atoms with Crippen molar-refractivity contribution in [2.45, 2.75) is 25.0 Å². The lowest BCUT2D eigenvalue weighted by Crippen LogP contribution is -2.43. The molecule has 1 heterocycles. The lowest BCUT2D eigenvalue weighted by atomic mass is 10.0. The highest BCUT2D eigenvalue weighted by Crippen LogP contribution is 2.27. The molecule has 3 nitrogen and oxygen atoms in total. The van der Waals surface area contributed by atoms with Gasteiger partial charge in [-0.25, -0.2) is 4.39 Å². The highest BCUT2D eigenvalue weighted by Gasteiger charge is 2.26. The van der Waals surface area contributed by atoms with Gasteiger partial charge in [0.15, 0.2) is 0 Å². The van der Waals surface area contributed by atoms with E-state index in [2.05, 4.69) is 4.90 Å². The zero-order chi connectivity index (χ0) is 13.8. The number of benzene rings is 1. The topological polar surface area (TPSA) is 38.5 Å². The molecule has 2 unspecified atom stereocenters. The minimum Gasteiger partial charge on any atom is -0.380 e. The Kier molecular flexibility index (Phi) is 5.16. The molecule has 1 aromatic carbocycles. The van der Waals surface area contributed by atoms with Gasteiger partial charge >= 0.3 is 0 Å². The van der Waals surface area contributed by atoms with Crippen molar-refractivity contribution < 1.29 is 9.13 Å². The predicted octanol–water partition coefficient (Wildman–Crippen LogP) is 2.59. The molecule has 1 fully saturated rings. The fourth-order valence-electron chi connectivity index (χ4n) is 2.66. The summed E-state index contributed by atoms with van der Waals surface area (Å²) in [6, 6.07) is 4.90. The van der Waals surface area contributed by atoms with Crippen LogP contribution in [0.5, 0.6) is 0 Å². The molecule has 2 N–H and O–H groups in total. The Labute approximate surface area is 118 Å². The van der Waals surface area contributed by atoms with Crippen LogP contribution in [0.2, 0.25) is 5.02 Å². The molecule has 0 aliphatic carbocycles. The molecule has 1 aromatic rings. The van der Waals surface area contributed by atoms with E-state index in [-0.39, 0.29) is 17.2 Å². The zero-order valence-corrected chi connectivity index (χ0v) is 11.9. The van der Waals surface area contributed by atoms with Gasteiger partial charge in [-0.15, -0.1) is 0 Å². The van der Waals surface area contributed by atoms with Crippen molar-refractivity contribution in [2.24, 2.45) is 5.73 Å². The first-order valence-electron chi connectivity index (χ1n) is 6.57. The first kappa shape index (κ1) is 14.7. The van der Waals surface area contributed by atoms with E-state index in [9.17, 15) is 4.39 Å². The molecule has 2 rings (SSSR count). The van der Waals surface area contributed by atoms with Gasteiger partial charge in [0.1, 0.15) is 5.82 Å². The fourth-order valence-corrected chi connectivity index (χ4v) is 2.85. The summed E-state index contributed by atoms with van der Waals surface area (Å²) in [6.45, 7) is 2.32. The first-order valence-corrected chi connectivity index (χ1v) is 6.95. The summed E-state index contributed by atoms with van der Waals surface area (Å²) in [7, 11) is 1.74. The maximum atomic E-state index is 13.2. The molecule has 1 aliphatic rings. The van der Waals surface area contributed by atoms with E-state index in [1.165, 1.54) is 6.07 Å². The highest BCUT2D eigenvalue weighted by molar-refractivity contribution is 6.30. The molecule has 0 amide bonds. The maximum absolute atomic E-state index is 13.2. The van der Waals surface area contributed by atoms with Crippen molar-refractivity contribution in [3.63, 3.8) is 0 Å². The number of likely N-dealkylation sites (tertiary alicyclic amines) is 1. The standard InChI is InChI=1S/C14H20ClFN2O/c1-19-11-3-2-6-18(9-11)14(8-17)10-4-5-13(16)12(15)7-10/h4-5,7,11,14H,2-3,6,8-9,17H2,1H3. The van der Waals surface area contributed by atoms with Crippen molar-refractivity contribution in [1.29, 1.82) is 0 Å². The quantitative estimate of drug-likeness (QED) is 0.925. The van der Waals surface area contributed by atoms with E-state index in [0.29, 0.717) is 6.54 Å². The van der Waals surface area contributed by atoms with Crippen LogP contribution in [0.15, 0.2) is 18.2 Å². The number of hydrogen-bond acceptors (Lipinski definition) is 3. The van der Waals surface area contributed by atoms with Crippen molar-refractivity contribution in [2.75, 3.05) is 26.7 Å². The molecule has 19 heavy (non-hydrogen) atoms. The van der Waals surface area contributed by atoms with Crippen LogP contribution < -0.4 is 5.73 Å². The van der Waals surface area contributed by atoms with E-state index in [4.69, 9.17) is 22.1 Å². The van der Waals surface area contributed by atoms with Crippen LogP contribution in [0.25, 0.3) is 0 Å².